The minimum absolute atomic E-state index is 0.221. The van der Waals surface area contributed by atoms with Gasteiger partial charge in [0.05, 0.1) is 12.1 Å². The summed E-state index contributed by atoms with van der Waals surface area (Å²) in [6, 6.07) is 3.72. The van der Waals surface area contributed by atoms with Crippen molar-refractivity contribution in [2.45, 2.75) is 12.1 Å². The highest BCUT2D eigenvalue weighted by Crippen LogP contribution is 2.24. The molecular formula is C12H18N2O2S3. The summed E-state index contributed by atoms with van der Waals surface area (Å²) in [4.78, 5) is 12.8. The third-order valence-electron chi connectivity index (χ3n) is 2.69. The van der Waals surface area contributed by atoms with Crippen LogP contribution >= 0.6 is 34.9 Å². The lowest BCUT2D eigenvalue weighted by Gasteiger charge is -2.25. The van der Waals surface area contributed by atoms with Crippen LogP contribution in [0.15, 0.2) is 17.5 Å². The Labute approximate surface area is 125 Å². The van der Waals surface area contributed by atoms with Gasteiger partial charge >= 0.3 is 6.03 Å². The van der Waals surface area contributed by atoms with E-state index in [4.69, 9.17) is 0 Å². The topological polar surface area (TPSA) is 61.4 Å². The smallest absolute Gasteiger partial charge is 0.315 e. The van der Waals surface area contributed by atoms with Crippen LogP contribution in [0, 0.1) is 0 Å². The molecule has 0 aromatic carbocycles. The third kappa shape index (κ3) is 5.25. The van der Waals surface area contributed by atoms with E-state index >= 15 is 0 Å². The monoisotopic (exact) mass is 318 g/mol. The third-order valence-corrected chi connectivity index (χ3v) is 6.30. The van der Waals surface area contributed by atoms with E-state index in [0.29, 0.717) is 24.6 Å². The molecule has 1 fully saturated rings. The molecule has 0 spiro atoms. The van der Waals surface area contributed by atoms with Crippen LogP contribution in [0.4, 0.5) is 4.79 Å². The van der Waals surface area contributed by atoms with Crippen molar-refractivity contribution in [2.24, 2.45) is 0 Å². The van der Waals surface area contributed by atoms with Gasteiger partial charge in [-0.3, -0.25) is 0 Å². The lowest BCUT2D eigenvalue weighted by Crippen LogP contribution is -2.49. The van der Waals surface area contributed by atoms with Gasteiger partial charge in [0.15, 0.2) is 0 Å². The highest BCUT2D eigenvalue weighted by molar-refractivity contribution is 8.03. The molecule has 1 saturated heterocycles. The number of carbonyl (C=O) groups is 1. The number of thiophene rings is 1. The number of thioether (sulfide) groups is 2. The van der Waals surface area contributed by atoms with Crippen LogP contribution in [0.2, 0.25) is 0 Å². The Morgan fingerprint density at radius 3 is 2.68 bits per heavy atom. The van der Waals surface area contributed by atoms with Crippen LogP contribution in [0.3, 0.4) is 0 Å². The number of nitrogens with one attached hydrogen (secondary N) is 2. The van der Waals surface area contributed by atoms with Crippen LogP contribution in [0.5, 0.6) is 0 Å². The summed E-state index contributed by atoms with van der Waals surface area (Å²) in [5.41, 5.74) is -0.786. The summed E-state index contributed by atoms with van der Waals surface area (Å²) < 4.78 is 0. The predicted molar refractivity (Wildman–Crippen MR) is 84.2 cm³/mol. The number of urea groups is 1. The SMILES string of the molecule is O=C(NCc1cccs1)NCC1(O)CSCCSC1. The second-order valence-electron chi connectivity index (χ2n) is 4.45. The molecule has 2 rings (SSSR count). The largest absolute Gasteiger partial charge is 0.386 e. The second-order valence-corrected chi connectivity index (χ2v) is 7.69. The molecule has 19 heavy (non-hydrogen) atoms. The van der Waals surface area contributed by atoms with Crippen molar-refractivity contribution >= 4 is 40.9 Å². The van der Waals surface area contributed by atoms with Crippen molar-refractivity contribution in [1.29, 1.82) is 0 Å². The molecule has 0 aliphatic carbocycles. The maximum Gasteiger partial charge on any atom is 0.315 e. The van der Waals surface area contributed by atoms with Crippen molar-refractivity contribution in [3.63, 3.8) is 0 Å². The van der Waals surface area contributed by atoms with Gasteiger partial charge in [0, 0.05) is 34.4 Å². The molecule has 7 heteroatoms. The van der Waals surface area contributed by atoms with Gasteiger partial charge in [0.2, 0.25) is 0 Å². The number of hydrogen-bond acceptors (Lipinski definition) is 5. The highest BCUT2D eigenvalue weighted by atomic mass is 32.2. The summed E-state index contributed by atoms with van der Waals surface area (Å²) in [5.74, 6) is 3.51. The van der Waals surface area contributed by atoms with E-state index in [1.54, 1.807) is 34.9 Å². The number of aliphatic hydroxyl groups is 1. The van der Waals surface area contributed by atoms with Crippen LogP contribution in [-0.4, -0.2) is 46.3 Å². The van der Waals surface area contributed by atoms with Gasteiger partial charge in [-0.15, -0.1) is 11.3 Å². The molecule has 2 heterocycles. The van der Waals surface area contributed by atoms with Gasteiger partial charge in [0.1, 0.15) is 0 Å². The molecule has 3 N–H and O–H groups in total. The van der Waals surface area contributed by atoms with Gasteiger partial charge in [-0.2, -0.15) is 23.5 Å². The maximum atomic E-state index is 11.7. The van der Waals surface area contributed by atoms with Crippen LogP contribution in [0.25, 0.3) is 0 Å². The molecule has 1 aromatic rings. The molecule has 4 nitrogen and oxygen atoms in total. The molecule has 2 amide bonds. The lowest BCUT2D eigenvalue weighted by molar-refractivity contribution is 0.0921. The zero-order chi connectivity index (χ0) is 13.6. The number of carbonyl (C=O) groups excluding carboxylic acids is 1. The predicted octanol–water partition coefficient (Wildman–Crippen LogP) is 1.76. The van der Waals surface area contributed by atoms with E-state index in [0.717, 1.165) is 16.4 Å². The molecule has 0 unspecified atom stereocenters. The molecule has 0 bridgehead atoms. The maximum absolute atomic E-state index is 11.7. The van der Waals surface area contributed by atoms with Crippen molar-refractivity contribution in [3.8, 4) is 0 Å². The van der Waals surface area contributed by atoms with Gasteiger partial charge < -0.3 is 15.7 Å². The Morgan fingerprint density at radius 2 is 2.05 bits per heavy atom. The van der Waals surface area contributed by atoms with Crippen LogP contribution in [0.1, 0.15) is 4.88 Å². The molecule has 106 valence electrons. The Hall–Kier alpha value is -0.370. The quantitative estimate of drug-likeness (QED) is 0.792. The standard InChI is InChI=1S/C12H18N2O2S3/c15-11(13-6-10-2-1-3-19-10)14-7-12(16)8-17-4-5-18-9-12/h1-3,16H,4-9H2,(H2,13,14,15). The second kappa shape index (κ2) is 7.42. The van der Waals surface area contributed by atoms with Crippen molar-refractivity contribution in [3.05, 3.63) is 22.4 Å². The average molecular weight is 318 g/mol. The summed E-state index contributed by atoms with van der Waals surface area (Å²) in [7, 11) is 0. The minimum atomic E-state index is -0.786. The number of hydrogen-bond donors (Lipinski definition) is 3. The highest BCUT2D eigenvalue weighted by Gasteiger charge is 2.29. The van der Waals surface area contributed by atoms with E-state index in [9.17, 15) is 9.90 Å². The van der Waals surface area contributed by atoms with E-state index in [-0.39, 0.29) is 6.03 Å². The van der Waals surface area contributed by atoms with Crippen molar-refractivity contribution < 1.29 is 9.90 Å². The normalized spacial score (nSPS) is 18.6. The van der Waals surface area contributed by atoms with E-state index < -0.39 is 5.60 Å². The Bertz CT molecular complexity index is 390. The average Bonchev–Trinajstić information content (AvgIpc) is 2.83. The molecule has 0 radical (unpaired) electrons. The van der Waals surface area contributed by atoms with Crippen LogP contribution < -0.4 is 10.6 Å². The molecule has 1 aliphatic rings. The summed E-state index contributed by atoms with van der Waals surface area (Å²) >= 11 is 5.10. The minimum Gasteiger partial charge on any atom is -0.386 e. The first kappa shape index (κ1) is 15.0. The number of amides is 2. The fourth-order valence-electron chi connectivity index (χ4n) is 1.67. The first-order valence-electron chi connectivity index (χ1n) is 6.10. The molecule has 0 saturated carbocycles. The zero-order valence-electron chi connectivity index (χ0n) is 10.6. The number of rotatable bonds is 4. The fourth-order valence-corrected chi connectivity index (χ4v) is 4.85. The molecule has 1 aromatic heterocycles. The van der Waals surface area contributed by atoms with Gasteiger partial charge in [0.25, 0.3) is 0 Å². The van der Waals surface area contributed by atoms with E-state index in [1.165, 1.54) is 0 Å². The van der Waals surface area contributed by atoms with Gasteiger partial charge in [-0.25, -0.2) is 4.79 Å². The lowest BCUT2D eigenvalue weighted by atomic mass is 10.1. The summed E-state index contributed by atoms with van der Waals surface area (Å²) in [5, 5.41) is 17.9. The van der Waals surface area contributed by atoms with Gasteiger partial charge in [-0.1, -0.05) is 6.07 Å². The van der Waals surface area contributed by atoms with Crippen molar-refractivity contribution in [1.82, 2.24) is 10.6 Å². The molecular weight excluding hydrogens is 300 g/mol. The molecule has 1 aliphatic heterocycles. The van der Waals surface area contributed by atoms with E-state index in [2.05, 4.69) is 10.6 Å². The fraction of sp³-hybridized carbons (Fsp3) is 0.583. The first-order valence-corrected chi connectivity index (χ1v) is 9.29. The Morgan fingerprint density at radius 1 is 1.32 bits per heavy atom. The van der Waals surface area contributed by atoms with E-state index in [1.807, 2.05) is 17.5 Å². The zero-order valence-corrected chi connectivity index (χ0v) is 13.0. The summed E-state index contributed by atoms with van der Waals surface area (Å²) in [6.45, 7) is 0.842. The van der Waals surface area contributed by atoms with Crippen LogP contribution in [-0.2, 0) is 6.54 Å². The first-order chi connectivity index (χ1) is 9.18. The Balaban J connectivity index is 1.70. The van der Waals surface area contributed by atoms with Gasteiger partial charge in [-0.05, 0) is 11.4 Å². The molecule has 0 atom stereocenters. The Kier molecular flexibility index (Phi) is 5.87. The summed E-state index contributed by atoms with van der Waals surface area (Å²) in [6.07, 6.45) is 0. The van der Waals surface area contributed by atoms with Crippen molar-refractivity contribution in [2.75, 3.05) is 29.6 Å².